The third-order valence-electron chi connectivity index (χ3n) is 4.42. The molecule has 1 aliphatic rings. The summed E-state index contributed by atoms with van der Waals surface area (Å²) < 4.78 is 0. The van der Waals surface area contributed by atoms with E-state index in [4.69, 9.17) is 0 Å². The summed E-state index contributed by atoms with van der Waals surface area (Å²) in [6, 6.07) is 7.75. The van der Waals surface area contributed by atoms with Crippen LogP contribution in [0.25, 0.3) is 10.9 Å². The van der Waals surface area contributed by atoms with Crippen LogP contribution < -0.4 is 10.6 Å². The zero-order valence-corrected chi connectivity index (χ0v) is 13.3. The van der Waals surface area contributed by atoms with Crippen LogP contribution in [0.2, 0.25) is 0 Å². The van der Waals surface area contributed by atoms with E-state index in [2.05, 4.69) is 27.4 Å². The first-order valence-corrected chi connectivity index (χ1v) is 8.07. The molecule has 23 heavy (non-hydrogen) atoms. The van der Waals surface area contributed by atoms with Crippen molar-refractivity contribution in [3.8, 4) is 0 Å². The molecule has 0 saturated carbocycles. The molecule has 0 radical (unpaired) electrons. The smallest absolute Gasteiger partial charge is 0.313 e. The maximum absolute atomic E-state index is 12.0. The van der Waals surface area contributed by atoms with E-state index in [1.54, 1.807) is 6.07 Å². The molecule has 3 N–H and O–H groups in total. The van der Waals surface area contributed by atoms with Gasteiger partial charge < -0.3 is 15.6 Å². The van der Waals surface area contributed by atoms with E-state index in [1.807, 2.05) is 24.4 Å². The minimum atomic E-state index is -0.624. The van der Waals surface area contributed by atoms with Gasteiger partial charge in [0.15, 0.2) is 0 Å². The Morgan fingerprint density at radius 2 is 2.17 bits per heavy atom. The minimum Gasteiger partial charge on any atom is -0.361 e. The van der Waals surface area contributed by atoms with Crippen molar-refractivity contribution in [2.24, 2.45) is 0 Å². The zero-order chi connectivity index (χ0) is 16.2. The number of H-pyrrole nitrogens is 1. The molecule has 0 bridgehead atoms. The Morgan fingerprint density at radius 1 is 1.30 bits per heavy atom. The van der Waals surface area contributed by atoms with Gasteiger partial charge in [-0.25, -0.2) is 0 Å². The van der Waals surface area contributed by atoms with Gasteiger partial charge >= 0.3 is 11.8 Å². The second kappa shape index (κ2) is 6.83. The van der Waals surface area contributed by atoms with Crippen molar-refractivity contribution in [2.45, 2.75) is 25.8 Å². The van der Waals surface area contributed by atoms with Crippen LogP contribution in [0.3, 0.4) is 0 Å². The number of hydrogen-bond donors (Lipinski definition) is 3. The van der Waals surface area contributed by atoms with E-state index >= 15 is 0 Å². The van der Waals surface area contributed by atoms with Gasteiger partial charge in [-0.3, -0.25) is 14.5 Å². The summed E-state index contributed by atoms with van der Waals surface area (Å²) in [6.45, 7) is 4.68. The Bertz CT molecular complexity index is 709. The molecule has 2 amide bonds. The molecule has 1 aliphatic heterocycles. The standard InChI is InChI=1S/C17H22N4O2/c1-2-21-9-3-4-14(21)11-19-16(22)17(23)20-13-5-6-15-12(10-13)7-8-18-15/h5-8,10,14,18H,2-4,9,11H2,1H3,(H,19,22)(H,20,23). The van der Waals surface area contributed by atoms with Crippen molar-refractivity contribution in [2.75, 3.05) is 25.0 Å². The zero-order valence-electron chi connectivity index (χ0n) is 13.3. The summed E-state index contributed by atoms with van der Waals surface area (Å²) in [6.07, 6.45) is 4.06. The lowest BCUT2D eigenvalue weighted by Crippen LogP contribution is -2.43. The summed E-state index contributed by atoms with van der Waals surface area (Å²) in [5.41, 5.74) is 1.61. The highest BCUT2D eigenvalue weighted by molar-refractivity contribution is 6.39. The molecule has 1 fully saturated rings. The number of nitrogens with zero attached hydrogens (tertiary/aromatic N) is 1. The molecule has 2 heterocycles. The molecule has 1 aromatic carbocycles. The molecule has 1 saturated heterocycles. The van der Waals surface area contributed by atoms with Crippen molar-refractivity contribution >= 4 is 28.4 Å². The van der Waals surface area contributed by atoms with Crippen LogP contribution in [0, 0.1) is 0 Å². The fourth-order valence-corrected chi connectivity index (χ4v) is 3.15. The van der Waals surface area contributed by atoms with Gasteiger partial charge in [-0.1, -0.05) is 6.92 Å². The van der Waals surface area contributed by atoms with Crippen LogP contribution in [-0.2, 0) is 9.59 Å². The van der Waals surface area contributed by atoms with Crippen LogP contribution in [0.1, 0.15) is 19.8 Å². The molecular weight excluding hydrogens is 292 g/mol. The number of anilines is 1. The van der Waals surface area contributed by atoms with Crippen molar-refractivity contribution in [1.29, 1.82) is 0 Å². The van der Waals surface area contributed by atoms with Gasteiger partial charge in [-0.15, -0.1) is 0 Å². The highest BCUT2D eigenvalue weighted by Gasteiger charge is 2.24. The number of fused-ring (bicyclic) bond motifs is 1. The number of likely N-dealkylation sites (N-methyl/N-ethyl adjacent to an activating group) is 1. The number of hydrogen-bond acceptors (Lipinski definition) is 3. The summed E-state index contributed by atoms with van der Waals surface area (Å²) in [7, 11) is 0. The molecule has 6 heteroatoms. The maximum Gasteiger partial charge on any atom is 0.313 e. The van der Waals surface area contributed by atoms with E-state index in [-0.39, 0.29) is 0 Å². The normalized spacial score (nSPS) is 18.2. The van der Waals surface area contributed by atoms with E-state index < -0.39 is 11.8 Å². The summed E-state index contributed by atoms with van der Waals surface area (Å²) in [5.74, 6) is -1.21. The number of carbonyl (C=O) groups excluding carboxylic acids is 2. The highest BCUT2D eigenvalue weighted by Crippen LogP contribution is 2.18. The predicted octanol–water partition coefficient (Wildman–Crippen LogP) is 1.71. The van der Waals surface area contributed by atoms with Crippen LogP contribution in [0.4, 0.5) is 5.69 Å². The van der Waals surface area contributed by atoms with E-state index in [1.165, 1.54) is 0 Å². The number of amides is 2. The highest BCUT2D eigenvalue weighted by atomic mass is 16.2. The van der Waals surface area contributed by atoms with Crippen molar-refractivity contribution < 1.29 is 9.59 Å². The summed E-state index contributed by atoms with van der Waals surface area (Å²) in [4.78, 5) is 29.4. The van der Waals surface area contributed by atoms with Gasteiger partial charge in [0.05, 0.1) is 0 Å². The summed E-state index contributed by atoms with van der Waals surface area (Å²) in [5, 5.41) is 6.38. The second-order valence-electron chi connectivity index (χ2n) is 5.87. The quantitative estimate of drug-likeness (QED) is 0.752. The first-order chi connectivity index (χ1) is 11.2. The topological polar surface area (TPSA) is 77.2 Å². The van der Waals surface area contributed by atoms with Crippen molar-refractivity contribution in [3.05, 3.63) is 30.5 Å². The monoisotopic (exact) mass is 314 g/mol. The molecule has 1 atom stereocenters. The fourth-order valence-electron chi connectivity index (χ4n) is 3.15. The Morgan fingerprint density at radius 3 is 3.00 bits per heavy atom. The lowest BCUT2D eigenvalue weighted by atomic mass is 10.2. The van der Waals surface area contributed by atoms with Crippen LogP contribution in [-0.4, -0.2) is 47.4 Å². The molecule has 6 nitrogen and oxygen atoms in total. The van der Waals surface area contributed by atoms with Gasteiger partial charge in [-0.2, -0.15) is 0 Å². The van der Waals surface area contributed by atoms with E-state index in [9.17, 15) is 9.59 Å². The Kier molecular flexibility index (Phi) is 4.62. The molecule has 1 unspecified atom stereocenters. The van der Waals surface area contributed by atoms with Crippen LogP contribution in [0.5, 0.6) is 0 Å². The largest absolute Gasteiger partial charge is 0.361 e. The van der Waals surface area contributed by atoms with Gasteiger partial charge in [0.1, 0.15) is 0 Å². The Hall–Kier alpha value is -2.34. The van der Waals surface area contributed by atoms with Crippen LogP contribution in [0.15, 0.2) is 30.5 Å². The Balaban J connectivity index is 1.53. The molecule has 1 aromatic heterocycles. The number of likely N-dealkylation sites (tertiary alicyclic amines) is 1. The molecule has 122 valence electrons. The van der Waals surface area contributed by atoms with Gasteiger partial charge in [0.25, 0.3) is 0 Å². The number of aromatic amines is 1. The maximum atomic E-state index is 12.0. The number of rotatable bonds is 4. The van der Waals surface area contributed by atoms with Crippen LogP contribution >= 0.6 is 0 Å². The SMILES string of the molecule is CCN1CCCC1CNC(=O)C(=O)Nc1ccc2[nH]ccc2c1. The third-order valence-corrected chi connectivity index (χ3v) is 4.42. The summed E-state index contributed by atoms with van der Waals surface area (Å²) >= 11 is 0. The lowest BCUT2D eigenvalue weighted by Gasteiger charge is -2.22. The molecule has 2 aromatic rings. The molecular formula is C17H22N4O2. The number of carbonyl (C=O) groups is 2. The lowest BCUT2D eigenvalue weighted by molar-refractivity contribution is -0.136. The molecule has 0 spiro atoms. The molecule has 0 aliphatic carbocycles. The average Bonchev–Trinajstić information content (AvgIpc) is 3.20. The fraction of sp³-hybridized carbons (Fsp3) is 0.412. The van der Waals surface area contributed by atoms with E-state index in [0.717, 1.165) is 36.8 Å². The number of nitrogens with one attached hydrogen (secondary N) is 3. The predicted molar refractivity (Wildman–Crippen MR) is 90.2 cm³/mol. The second-order valence-corrected chi connectivity index (χ2v) is 5.87. The van der Waals surface area contributed by atoms with Crippen molar-refractivity contribution in [3.63, 3.8) is 0 Å². The molecule has 3 rings (SSSR count). The van der Waals surface area contributed by atoms with E-state index in [0.29, 0.717) is 18.3 Å². The average molecular weight is 314 g/mol. The van der Waals surface area contributed by atoms with Gasteiger partial charge in [0.2, 0.25) is 0 Å². The number of benzene rings is 1. The third kappa shape index (κ3) is 3.53. The Labute approximate surface area is 135 Å². The minimum absolute atomic E-state index is 0.341. The first-order valence-electron chi connectivity index (χ1n) is 8.07. The van der Waals surface area contributed by atoms with Crippen molar-refractivity contribution in [1.82, 2.24) is 15.2 Å². The van der Waals surface area contributed by atoms with Gasteiger partial charge in [-0.05, 0) is 50.2 Å². The van der Waals surface area contributed by atoms with Gasteiger partial charge in [0, 0.05) is 35.4 Å². The number of aromatic nitrogens is 1. The first kappa shape index (κ1) is 15.6.